The molecule has 13 nitrogen and oxygen atoms in total. The van der Waals surface area contributed by atoms with Gasteiger partial charge < -0.3 is 34.4 Å². The van der Waals surface area contributed by atoms with Crippen molar-refractivity contribution in [3.63, 3.8) is 0 Å². The molecule has 2 heterocycles. The van der Waals surface area contributed by atoms with Crippen molar-refractivity contribution >= 4 is 29.4 Å². The van der Waals surface area contributed by atoms with Crippen LogP contribution in [0.4, 0.5) is 5.95 Å². The number of Topliss-reactive ketones (excluding diaryl/α,β-unsaturated/α-hetero) is 1. The number of anilines is 1. The van der Waals surface area contributed by atoms with Crippen LogP contribution in [0.2, 0.25) is 0 Å². The van der Waals surface area contributed by atoms with Crippen molar-refractivity contribution in [1.29, 1.82) is 0 Å². The summed E-state index contributed by atoms with van der Waals surface area (Å²) in [5.41, 5.74) is 3.58. The van der Waals surface area contributed by atoms with Gasteiger partial charge in [0.05, 0.1) is 50.7 Å². The second kappa shape index (κ2) is 13.9. The van der Waals surface area contributed by atoms with Gasteiger partial charge in [-0.05, 0) is 43.9 Å². The molecule has 1 aliphatic carbocycles. The van der Waals surface area contributed by atoms with Crippen LogP contribution in [0.3, 0.4) is 0 Å². The first kappa shape index (κ1) is 31.3. The maximum Gasteiger partial charge on any atom is 0.372 e. The average molecular weight is 573 g/mol. The highest BCUT2D eigenvalue weighted by Crippen LogP contribution is 2.45. The number of hydrogen-bond donors (Lipinski definition) is 3. The number of carbonyl (C=O) groups is 3. The third kappa shape index (κ3) is 7.48. The van der Waals surface area contributed by atoms with Crippen LogP contribution in [0.25, 0.3) is 0 Å². The number of carboxylic acids is 2. The molecule has 0 spiro atoms. The molecule has 1 fully saturated rings. The molecule has 0 bridgehead atoms. The van der Waals surface area contributed by atoms with Crippen molar-refractivity contribution in [2.75, 3.05) is 39.8 Å². The summed E-state index contributed by atoms with van der Waals surface area (Å²) >= 11 is 0. The number of carbonyl (C=O) groups excluding carboxylic acids is 1. The molecular weight excluding hydrogens is 536 g/mol. The van der Waals surface area contributed by atoms with E-state index in [1.54, 1.807) is 20.4 Å². The molecule has 13 heteroatoms. The molecule has 0 radical (unpaired) electrons. The highest BCUT2D eigenvalue weighted by atomic mass is 16.5. The summed E-state index contributed by atoms with van der Waals surface area (Å²) in [6.07, 6.45) is 2.83. The van der Waals surface area contributed by atoms with Gasteiger partial charge in [0, 0.05) is 38.2 Å². The molecule has 2 aromatic rings. The molecular formula is C28H36N4O9. The smallest absolute Gasteiger partial charge is 0.372 e. The van der Waals surface area contributed by atoms with Gasteiger partial charge in [0.25, 0.3) is 0 Å². The van der Waals surface area contributed by atoms with Crippen molar-refractivity contribution in [3.8, 4) is 17.4 Å². The van der Waals surface area contributed by atoms with E-state index < -0.39 is 30.6 Å². The minimum Gasteiger partial charge on any atom is -0.493 e. The maximum atomic E-state index is 10.3. The molecule has 4 rings (SSSR count). The standard InChI is InChI=1S/C23H30N4O4.C5H6O5/c1-6-31-20-10-14-15-9-13(28)7-8-18(15)25-21(16(14)11-19(20)29-4)17-12-24-23(27(2)3)26-22(17)30-5;6-3(5(9)10)1-2-4(7)8/h10-13,15,18,28H,6-9H2,1-5H3;1-2H2,(H,7,8)(H,9,10)/t13-,15-,18-;/m1./s1. The van der Waals surface area contributed by atoms with Crippen molar-refractivity contribution in [3.05, 3.63) is 35.0 Å². The summed E-state index contributed by atoms with van der Waals surface area (Å²) in [7, 11) is 7.01. The number of ether oxygens (including phenoxy) is 3. The number of ketones is 1. The summed E-state index contributed by atoms with van der Waals surface area (Å²) in [5.74, 6) is -1.30. The average Bonchev–Trinajstić information content (AvgIpc) is 2.95. The van der Waals surface area contributed by atoms with Crippen LogP contribution in [0.1, 0.15) is 61.6 Å². The van der Waals surface area contributed by atoms with Crippen LogP contribution in [0.5, 0.6) is 17.4 Å². The van der Waals surface area contributed by atoms with Crippen LogP contribution < -0.4 is 19.1 Å². The Labute approximate surface area is 237 Å². The number of aliphatic hydroxyl groups is 1. The van der Waals surface area contributed by atoms with Gasteiger partial charge in [0.2, 0.25) is 17.6 Å². The summed E-state index contributed by atoms with van der Waals surface area (Å²) in [4.78, 5) is 45.7. The molecule has 3 N–H and O–H groups in total. The lowest BCUT2D eigenvalue weighted by atomic mass is 9.74. The Bertz CT molecular complexity index is 1310. The number of carboxylic acid groups (broad SMARTS) is 2. The Kier molecular flexibility index (Phi) is 10.6. The molecule has 0 unspecified atom stereocenters. The quantitative estimate of drug-likeness (QED) is 0.354. The Morgan fingerprint density at radius 3 is 2.34 bits per heavy atom. The van der Waals surface area contributed by atoms with Gasteiger partial charge in [-0.3, -0.25) is 14.6 Å². The molecule has 1 aromatic heterocycles. The molecule has 0 saturated heterocycles. The van der Waals surface area contributed by atoms with Gasteiger partial charge in [0.15, 0.2) is 11.5 Å². The fourth-order valence-electron chi connectivity index (χ4n) is 4.80. The molecule has 0 amide bonds. The molecule has 1 aliphatic heterocycles. The van der Waals surface area contributed by atoms with Gasteiger partial charge in [0.1, 0.15) is 0 Å². The highest BCUT2D eigenvalue weighted by molar-refractivity contribution is 6.32. The summed E-state index contributed by atoms with van der Waals surface area (Å²) < 4.78 is 17.1. The number of aliphatic carboxylic acids is 2. The van der Waals surface area contributed by atoms with E-state index in [0.29, 0.717) is 36.4 Å². The molecule has 41 heavy (non-hydrogen) atoms. The van der Waals surface area contributed by atoms with Gasteiger partial charge in [-0.1, -0.05) is 0 Å². The van der Waals surface area contributed by atoms with Gasteiger partial charge >= 0.3 is 11.9 Å². The SMILES string of the molecule is CCOc1cc2c(cc1OC)C(c1cnc(N(C)C)nc1OC)=N[C@@H]1CC[C@@H](O)C[C@H]21.O=C(O)CCC(=O)C(=O)O. The molecule has 2 aliphatic rings. The van der Waals surface area contributed by atoms with Gasteiger partial charge in [-0.2, -0.15) is 4.98 Å². The normalized spacial score (nSPS) is 18.9. The van der Waals surface area contributed by atoms with E-state index in [-0.39, 0.29) is 18.1 Å². The minimum atomic E-state index is -1.58. The Balaban J connectivity index is 0.000000397. The number of nitrogens with zero attached hydrogens (tertiary/aromatic N) is 4. The predicted molar refractivity (Wildman–Crippen MR) is 149 cm³/mol. The zero-order valence-corrected chi connectivity index (χ0v) is 23.8. The summed E-state index contributed by atoms with van der Waals surface area (Å²) in [6.45, 7) is 2.49. The second-order valence-electron chi connectivity index (χ2n) is 9.75. The predicted octanol–water partition coefficient (Wildman–Crippen LogP) is 2.31. The van der Waals surface area contributed by atoms with Crippen molar-refractivity contribution in [2.45, 2.75) is 57.1 Å². The fraction of sp³-hybridized carbons (Fsp3) is 0.500. The largest absolute Gasteiger partial charge is 0.493 e. The third-order valence-electron chi connectivity index (χ3n) is 6.77. The Morgan fingerprint density at radius 2 is 1.76 bits per heavy atom. The maximum absolute atomic E-state index is 10.3. The van der Waals surface area contributed by atoms with Crippen molar-refractivity contribution in [2.24, 2.45) is 4.99 Å². The number of hydrogen-bond acceptors (Lipinski definition) is 11. The lowest BCUT2D eigenvalue weighted by Gasteiger charge is -2.37. The topological polar surface area (TPSA) is 181 Å². The van der Waals surface area contributed by atoms with E-state index in [1.165, 1.54) is 0 Å². The second-order valence-corrected chi connectivity index (χ2v) is 9.75. The van der Waals surface area contributed by atoms with E-state index >= 15 is 0 Å². The van der Waals surface area contributed by atoms with E-state index in [1.807, 2.05) is 38.1 Å². The van der Waals surface area contributed by atoms with Crippen molar-refractivity contribution in [1.82, 2.24) is 9.97 Å². The first-order chi connectivity index (χ1) is 19.5. The van der Waals surface area contributed by atoms with E-state index in [2.05, 4.69) is 9.97 Å². The van der Waals surface area contributed by atoms with Gasteiger partial charge in [-0.25, -0.2) is 9.78 Å². The van der Waals surface area contributed by atoms with Crippen LogP contribution in [-0.2, 0) is 14.4 Å². The number of benzene rings is 1. The zero-order chi connectivity index (χ0) is 30.3. The van der Waals surface area contributed by atoms with Crippen LogP contribution in [0.15, 0.2) is 23.3 Å². The third-order valence-corrected chi connectivity index (χ3v) is 6.77. The van der Waals surface area contributed by atoms with E-state index in [0.717, 1.165) is 35.2 Å². The number of rotatable bonds is 10. The summed E-state index contributed by atoms with van der Waals surface area (Å²) in [6, 6.07) is 4.09. The highest BCUT2D eigenvalue weighted by Gasteiger charge is 2.38. The lowest BCUT2D eigenvalue weighted by Crippen LogP contribution is -2.34. The first-order valence-corrected chi connectivity index (χ1v) is 13.2. The molecule has 1 saturated carbocycles. The number of methoxy groups -OCH3 is 2. The first-order valence-electron chi connectivity index (χ1n) is 13.2. The Hall–Kier alpha value is -4.26. The minimum absolute atomic E-state index is 0.0759. The monoisotopic (exact) mass is 572 g/mol. The van der Waals surface area contributed by atoms with E-state index in [4.69, 9.17) is 29.4 Å². The summed E-state index contributed by atoms with van der Waals surface area (Å²) in [5, 5.41) is 26.3. The van der Waals surface area contributed by atoms with Crippen LogP contribution in [0, 0.1) is 0 Å². The van der Waals surface area contributed by atoms with Crippen LogP contribution in [-0.4, -0.2) is 95.8 Å². The number of aromatic nitrogens is 2. The van der Waals surface area contributed by atoms with E-state index in [9.17, 15) is 19.5 Å². The van der Waals surface area contributed by atoms with Crippen LogP contribution >= 0.6 is 0 Å². The lowest BCUT2D eigenvalue weighted by molar-refractivity contribution is -0.149. The Morgan fingerprint density at radius 1 is 1.02 bits per heavy atom. The van der Waals surface area contributed by atoms with Crippen molar-refractivity contribution < 1.29 is 43.9 Å². The zero-order valence-electron chi connectivity index (χ0n) is 23.8. The molecule has 3 atom stereocenters. The number of aliphatic hydroxyl groups excluding tert-OH is 1. The number of fused-ring (bicyclic) bond motifs is 3. The molecule has 222 valence electrons. The molecule has 1 aromatic carbocycles. The fourth-order valence-corrected chi connectivity index (χ4v) is 4.80. The van der Waals surface area contributed by atoms with Gasteiger partial charge in [-0.15, -0.1) is 0 Å². The number of aliphatic imine (C=N–C) groups is 1.